The van der Waals surface area contributed by atoms with E-state index in [0.717, 1.165) is 26.2 Å². The second-order valence-electron chi connectivity index (χ2n) is 1.77. The maximum atomic E-state index is 4.21. The van der Waals surface area contributed by atoms with Gasteiger partial charge in [0, 0.05) is 19.6 Å². The fourth-order valence-electron chi connectivity index (χ4n) is 0.711. The molecular weight excluding hydrogens is 88.1 g/mol. The number of nitrogens with zero attached hydrogens (tertiary/aromatic N) is 1. The average Bonchev–Trinajstić information content (AvgIpc) is 1.90. The summed E-state index contributed by atoms with van der Waals surface area (Å²) in [6.45, 7) is 4.32. The van der Waals surface area contributed by atoms with E-state index in [-0.39, 0.29) is 0 Å². The molecule has 0 aliphatic carbocycles. The molecular formula is C5H11N2. The number of hydrogen-bond acceptors (Lipinski definition) is 1. The van der Waals surface area contributed by atoms with Gasteiger partial charge in [0.25, 0.3) is 0 Å². The normalized spacial score (nSPS) is 24.0. The van der Waals surface area contributed by atoms with Gasteiger partial charge in [-0.05, 0) is 13.0 Å². The Morgan fingerprint density at radius 3 is 3.14 bits per heavy atom. The zero-order valence-electron chi connectivity index (χ0n) is 4.48. The largest absolute Gasteiger partial charge is 0.315 e. The Morgan fingerprint density at radius 1 is 1.14 bits per heavy atom. The molecule has 1 radical (unpaired) electrons. The fraction of sp³-hybridized carbons (Fsp3) is 1.00. The van der Waals surface area contributed by atoms with Crippen LogP contribution >= 0.6 is 0 Å². The molecule has 1 rings (SSSR count). The lowest BCUT2D eigenvalue weighted by atomic mass is 10.4. The van der Waals surface area contributed by atoms with Crippen LogP contribution in [-0.4, -0.2) is 26.2 Å². The van der Waals surface area contributed by atoms with Crippen LogP contribution < -0.4 is 10.6 Å². The van der Waals surface area contributed by atoms with Crippen LogP contribution in [0.3, 0.4) is 0 Å². The molecule has 0 amide bonds. The van der Waals surface area contributed by atoms with Crippen LogP contribution in [0.5, 0.6) is 0 Å². The molecule has 1 heterocycles. The first-order chi connectivity index (χ1) is 3.50. The standard InChI is InChI=1S/C5H11N2/c1-2-6-4-5-7-3-1/h6H,1-5H2. The molecule has 1 aliphatic rings. The van der Waals surface area contributed by atoms with E-state index in [1.807, 2.05) is 0 Å². The SMILES string of the molecule is C1C[N]CCNC1. The average molecular weight is 99.2 g/mol. The Morgan fingerprint density at radius 2 is 2.14 bits per heavy atom. The maximum Gasteiger partial charge on any atom is 0.0258 e. The van der Waals surface area contributed by atoms with Gasteiger partial charge in [0.15, 0.2) is 0 Å². The topological polar surface area (TPSA) is 26.1 Å². The fourth-order valence-corrected chi connectivity index (χ4v) is 0.711. The van der Waals surface area contributed by atoms with Crippen molar-refractivity contribution < 1.29 is 0 Å². The van der Waals surface area contributed by atoms with E-state index in [4.69, 9.17) is 0 Å². The van der Waals surface area contributed by atoms with Crippen molar-refractivity contribution in [1.82, 2.24) is 10.6 Å². The van der Waals surface area contributed by atoms with Gasteiger partial charge in [0.2, 0.25) is 0 Å². The molecule has 0 saturated carbocycles. The third kappa shape index (κ3) is 1.90. The van der Waals surface area contributed by atoms with Crippen LogP contribution in [-0.2, 0) is 0 Å². The summed E-state index contributed by atoms with van der Waals surface area (Å²) in [6, 6.07) is 0. The van der Waals surface area contributed by atoms with Crippen molar-refractivity contribution in [2.75, 3.05) is 26.2 Å². The molecule has 0 aromatic heterocycles. The Bertz CT molecular complexity index is 25.7. The number of hydrogen-bond donors (Lipinski definition) is 1. The van der Waals surface area contributed by atoms with Crippen LogP contribution in [0.4, 0.5) is 0 Å². The maximum absolute atomic E-state index is 4.21. The monoisotopic (exact) mass is 99.1 g/mol. The Hall–Kier alpha value is -0.0800. The molecule has 1 fully saturated rings. The van der Waals surface area contributed by atoms with Crippen LogP contribution in [0.15, 0.2) is 0 Å². The van der Waals surface area contributed by atoms with Crippen molar-refractivity contribution in [3.05, 3.63) is 0 Å². The van der Waals surface area contributed by atoms with E-state index in [9.17, 15) is 0 Å². The van der Waals surface area contributed by atoms with Crippen molar-refractivity contribution >= 4 is 0 Å². The Labute approximate surface area is 44.3 Å². The van der Waals surface area contributed by atoms with Crippen LogP contribution in [0, 0.1) is 0 Å². The highest BCUT2D eigenvalue weighted by molar-refractivity contribution is 4.57. The summed E-state index contributed by atoms with van der Waals surface area (Å²) in [4.78, 5) is 0. The minimum absolute atomic E-state index is 1.01. The highest BCUT2D eigenvalue weighted by atomic mass is 15.0. The van der Waals surface area contributed by atoms with Crippen molar-refractivity contribution in [2.45, 2.75) is 6.42 Å². The molecule has 41 valence electrons. The molecule has 2 heteroatoms. The molecule has 1 saturated heterocycles. The molecule has 7 heavy (non-hydrogen) atoms. The zero-order valence-corrected chi connectivity index (χ0v) is 4.48. The van der Waals surface area contributed by atoms with Gasteiger partial charge in [-0.3, -0.25) is 0 Å². The van der Waals surface area contributed by atoms with Gasteiger partial charge in [-0.1, -0.05) is 0 Å². The van der Waals surface area contributed by atoms with Gasteiger partial charge in [-0.25, -0.2) is 5.32 Å². The van der Waals surface area contributed by atoms with Gasteiger partial charge < -0.3 is 5.32 Å². The molecule has 0 bridgehead atoms. The first kappa shape index (κ1) is 5.06. The molecule has 0 aromatic carbocycles. The first-order valence-electron chi connectivity index (χ1n) is 2.84. The van der Waals surface area contributed by atoms with Crippen molar-refractivity contribution in [1.29, 1.82) is 0 Å². The third-order valence-corrected chi connectivity index (χ3v) is 1.12. The van der Waals surface area contributed by atoms with E-state index in [0.29, 0.717) is 0 Å². The summed E-state index contributed by atoms with van der Waals surface area (Å²) in [5.41, 5.74) is 0. The van der Waals surface area contributed by atoms with Crippen molar-refractivity contribution in [3.63, 3.8) is 0 Å². The van der Waals surface area contributed by atoms with E-state index < -0.39 is 0 Å². The lowest BCUT2D eigenvalue weighted by molar-refractivity contribution is 0.705. The van der Waals surface area contributed by atoms with Gasteiger partial charge in [0.05, 0.1) is 0 Å². The van der Waals surface area contributed by atoms with E-state index >= 15 is 0 Å². The molecule has 1 aliphatic heterocycles. The molecule has 0 atom stereocenters. The lowest BCUT2D eigenvalue weighted by Gasteiger charge is -1.90. The van der Waals surface area contributed by atoms with Gasteiger partial charge in [-0.2, -0.15) is 0 Å². The van der Waals surface area contributed by atoms with Crippen molar-refractivity contribution in [2.24, 2.45) is 0 Å². The minimum Gasteiger partial charge on any atom is -0.315 e. The van der Waals surface area contributed by atoms with Crippen molar-refractivity contribution in [3.8, 4) is 0 Å². The molecule has 0 spiro atoms. The second kappa shape index (κ2) is 2.99. The van der Waals surface area contributed by atoms with Gasteiger partial charge in [0.1, 0.15) is 0 Å². The molecule has 0 unspecified atom stereocenters. The molecule has 0 aromatic rings. The summed E-state index contributed by atoms with van der Waals surface area (Å²) in [5, 5.41) is 7.46. The zero-order chi connectivity index (χ0) is 4.95. The summed E-state index contributed by atoms with van der Waals surface area (Å²) in [5.74, 6) is 0. The molecule has 1 N–H and O–H groups in total. The van der Waals surface area contributed by atoms with Gasteiger partial charge >= 0.3 is 0 Å². The molecule has 2 nitrogen and oxygen atoms in total. The van der Waals surface area contributed by atoms with E-state index in [2.05, 4.69) is 10.6 Å². The van der Waals surface area contributed by atoms with Crippen LogP contribution in [0.2, 0.25) is 0 Å². The highest BCUT2D eigenvalue weighted by Crippen LogP contribution is 1.78. The predicted octanol–water partition coefficient (Wildman–Crippen LogP) is -0.416. The first-order valence-corrected chi connectivity index (χ1v) is 2.84. The quantitative estimate of drug-likeness (QED) is 0.439. The number of nitrogens with one attached hydrogen (secondary N) is 1. The second-order valence-corrected chi connectivity index (χ2v) is 1.77. The Balaban J connectivity index is 2.04. The lowest BCUT2D eigenvalue weighted by Crippen LogP contribution is -2.17. The summed E-state index contributed by atoms with van der Waals surface area (Å²) < 4.78 is 0. The Kier molecular flexibility index (Phi) is 2.17. The number of rotatable bonds is 0. The third-order valence-electron chi connectivity index (χ3n) is 1.12. The van der Waals surface area contributed by atoms with Crippen LogP contribution in [0.1, 0.15) is 6.42 Å². The smallest absolute Gasteiger partial charge is 0.0258 e. The minimum atomic E-state index is 1.01. The van der Waals surface area contributed by atoms with E-state index in [1.54, 1.807) is 0 Å². The van der Waals surface area contributed by atoms with Crippen LogP contribution in [0.25, 0.3) is 0 Å². The highest BCUT2D eigenvalue weighted by Gasteiger charge is 1.93. The summed E-state index contributed by atoms with van der Waals surface area (Å²) in [6.07, 6.45) is 1.22. The predicted molar refractivity (Wildman–Crippen MR) is 29.4 cm³/mol. The van der Waals surface area contributed by atoms with Gasteiger partial charge in [-0.15, -0.1) is 0 Å². The summed E-state index contributed by atoms with van der Waals surface area (Å²) >= 11 is 0. The summed E-state index contributed by atoms with van der Waals surface area (Å²) in [7, 11) is 0. The van der Waals surface area contributed by atoms with E-state index in [1.165, 1.54) is 6.42 Å².